The summed E-state index contributed by atoms with van der Waals surface area (Å²) >= 11 is 1.36. The largest absolute Gasteiger partial charge is 0.478 e. The number of carboxylic acids is 2. The van der Waals surface area contributed by atoms with Crippen LogP contribution in [0.4, 0.5) is 11.4 Å². The zero-order chi connectivity index (χ0) is 26.4. The maximum atomic E-state index is 12.6. The number of benzene rings is 3. The summed E-state index contributed by atoms with van der Waals surface area (Å²) < 4.78 is 0. The number of rotatable bonds is 9. The number of anilines is 2. The van der Waals surface area contributed by atoms with Crippen LogP contribution in [0.15, 0.2) is 71.6 Å². The summed E-state index contributed by atoms with van der Waals surface area (Å²) in [6.07, 6.45) is 0. The maximum absolute atomic E-state index is 12.6. The van der Waals surface area contributed by atoms with E-state index < -0.39 is 23.4 Å². The van der Waals surface area contributed by atoms with E-state index in [0.717, 1.165) is 16.6 Å². The van der Waals surface area contributed by atoms with E-state index in [1.165, 1.54) is 29.5 Å². The van der Waals surface area contributed by atoms with Crippen LogP contribution >= 0.6 is 11.8 Å². The highest BCUT2D eigenvalue weighted by Gasteiger charge is 2.20. The second-order valence-corrected chi connectivity index (χ2v) is 9.79. The summed E-state index contributed by atoms with van der Waals surface area (Å²) in [7, 11) is 0. The van der Waals surface area contributed by atoms with Crippen molar-refractivity contribution in [1.82, 2.24) is 0 Å². The Hall–Kier alpha value is -4.11. The summed E-state index contributed by atoms with van der Waals surface area (Å²) in [5, 5.41) is 23.6. The minimum Gasteiger partial charge on any atom is -0.478 e. The zero-order valence-corrected chi connectivity index (χ0v) is 20.8. The standard InChI is InChI=1S/C27H26N2O6S/c1-15(2)17-4-7-19(8-5-17)28-24(30)16(3)36-21-11-9-20(10-12-21)29-25(31)22-13-6-18(26(32)33)14-23(22)27(34)35/h4-16H,1-3H3,(H,28,30)(H,29,31)(H,32,33)(H,34,35). The van der Waals surface area contributed by atoms with Crippen LogP contribution in [0.1, 0.15) is 63.3 Å². The first-order valence-electron chi connectivity index (χ1n) is 11.1. The zero-order valence-electron chi connectivity index (χ0n) is 19.9. The fourth-order valence-corrected chi connectivity index (χ4v) is 4.19. The van der Waals surface area contributed by atoms with Gasteiger partial charge in [0, 0.05) is 16.3 Å². The predicted molar refractivity (Wildman–Crippen MR) is 139 cm³/mol. The van der Waals surface area contributed by atoms with E-state index in [2.05, 4.69) is 24.5 Å². The Morgan fingerprint density at radius 1 is 0.722 bits per heavy atom. The fraction of sp³-hybridized carbons (Fsp3) is 0.185. The number of carbonyl (C=O) groups excluding carboxylic acids is 2. The van der Waals surface area contributed by atoms with Gasteiger partial charge in [-0.15, -0.1) is 11.8 Å². The van der Waals surface area contributed by atoms with Crippen molar-refractivity contribution in [2.45, 2.75) is 36.8 Å². The minimum atomic E-state index is -1.40. The average molecular weight is 507 g/mol. The lowest BCUT2D eigenvalue weighted by atomic mass is 10.0. The quantitative estimate of drug-likeness (QED) is 0.279. The van der Waals surface area contributed by atoms with Crippen molar-refractivity contribution >= 4 is 46.9 Å². The molecule has 1 unspecified atom stereocenters. The Morgan fingerprint density at radius 3 is 1.86 bits per heavy atom. The molecule has 8 nitrogen and oxygen atoms in total. The number of nitrogens with one attached hydrogen (secondary N) is 2. The van der Waals surface area contributed by atoms with Gasteiger partial charge in [0.2, 0.25) is 5.91 Å². The van der Waals surface area contributed by atoms with Crippen LogP contribution < -0.4 is 10.6 Å². The molecule has 0 aliphatic rings. The summed E-state index contributed by atoms with van der Waals surface area (Å²) in [6.45, 7) is 6.01. The monoisotopic (exact) mass is 506 g/mol. The van der Waals surface area contributed by atoms with E-state index in [9.17, 15) is 24.3 Å². The molecule has 0 saturated carbocycles. The van der Waals surface area contributed by atoms with Crippen molar-refractivity contribution in [3.63, 3.8) is 0 Å². The molecule has 0 spiro atoms. The van der Waals surface area contributed by atoms with E-state index in [-0.39, 0.29) is 22.3 Å². The molecule has 3 rings (SSSR count). The topological polar surface area (TPSA) is 133 Å². The van der Waals surface area contributed by atoms with E-state index in [4.69, 9.17) is 5.11 Å². The number of thioether (sulfide) groups is 1. The van der Waals surface area contributed by atoms with Crippen LogP contribution in [-0.4, -0.2) is 39.2 Å². The Labute approximate surface area is 212 Å². The summed E-state index contributed by atoms with van der Waals surface area (Å²) in [5.41, 5.74) is 1.56. The molecule has 4 N–H and O–H groups in total. The number of carbonyl (C=O) groups is 4. The second kappa shape index (κ2) is 11.5. The molecule has 3 aromatic rings. The Kier molecular flexibility index (Phi) is 8.50. The van der Waals surface area contributed by atoms with E-state index in [1.54, 1.807) is 31.2 Å². The van der Waals surface area contributed by atoms with Gasteiger partial charge in [0.05, 0.1) is 21.9 Å². The summed E-state index contributed by atoms with van der Waals surface area (Å²) in [5.74, 6) is -3.10. The maximum Gasteiger partial charge on any atom is 0.336 e. The lowest BCUT2D eigenvalue weighted by molar-refractivity contribution is -0.115. The highest BCUT2D eigenvalue weighted by atomic mass is 32.2. The molecule has 0 radical (unpaired) electrons. The molecule has 2 amide bonds. The molecule has 9 heteroatoms. The van der Waals surface area contributed by atoms with Gasteiger partial charge in [-0.2, -0.15) is 0 Å². The molecule has 3 aromatic carbocycles. The van der Waals surface area contributed by atoms with Gasteiger partial charge in [-0.1, -0.05) is 26.0 Å². The number of carboxylic acid groups (broad SMARTS) is 2. The third-order valence-corrected chi connectivity index (χ3v) is 6.49. The van der Waals surface area contributed by atoms with Gasteiger partial charge in [0.25, 0.3) is 5.91 Å². The normalized spacial score (nSPS) is 11.6. The van der Waals surface area contributed by atoms with Crippen molar-refractivity contribution in [3.8, 4) is 0 Å². The molecule has 36 heavy (non-hydrogen) atoms. The molecule has 0 saturated heterocycles. The molecule has 0 aromatic heterocycles. The molecule has 0 bridgehead atoms. The van der Waals surface area contributed by atoms with E-state index in [0.29, 0.717) is 11.6 Å². The summed E-state index contributed by atoms with van der Waals surface area (Å²) in [6, 6.07) is 17.8. The number of amides is 2. The van der Waals surface area contributed by atoms with Crippen LogP contribution in [0, 0.1) is 0 Å². The molecular weight excluding hydrogens is 480 g/mol. The number of hydrogen-bond donors (Lipinski definition) is 4. The number of hydrogen-bond acceptors (Lipinski definition) is 5. The van der Waals surface area contributed by atoms with Gasteiger partial charge in [0.1, 0.15) is 0 Å². The fourth-order valence-electron chi connectivity index (χ4n) is 3.32. The van der Waals surface area contributed by atoms with Crippen LogP contribution in [-0.2, 0) is 4.79 Å². The predicted octanol–water partition coefficient (Wildman–Crippen LogP) is 5.58. The third-order valence-electron chi connectivity index (χ3n) is 5.38. The third kappa shape index (κ3) is 6.73. The van der Waals surface area contributed by atoms with Crippen molar-refractivity contribution in [2.24, 2.45) is 0 Å². The minimum absolute atomic E-state index is 0.138. The number of aromatic carboxylic acids is 2. The smallest absolute Gasteiger partial charge is 0.336 e. The van der Waals surface area contributed by atoms with Gasteiger partial charge in [-0.05, 0) is 73.0 Å². The SMILES string of the molecule is CC(Sc1ccc(NC(=O)c2ccc(C(=O)O)cc2C(=O)O)cc1)C(=O)Nc1ccc(C(C)C)cc1. The van der Waals surface area contributed by atoms with Crippen molar-refractivity contribution in [2.75, 3.05) is 10.6 Å². The first-order valence-corrected chi connectivity index (χ1v) is 12.0. The lowest BCUT2D eigenvalue weighted by Gasteiger charge is -2.13. The van der Waals surface area contributed by atoms with E-state index in [1.807, 2.05) is 24.3 Å². The van der Waals surface area contributed by atoms with Crippen molar-refractivity contribution in [1.29, 1.82) is 0 Å². The highest BCUT2D eigenvalue weighted by Crippen LogP contribution is 2.26. The van der Waals surface area contributed by atoms with Gasteiger partial charge >= 0.3 is 11.9 Å². The average Bonchev–Trinajstić information content (AvgIpc) is 2.84. The van der Waals surface area contributed by atoms with Crippen LogP contribution in [0.2, 0.25) is 0 Å². The molecule has 1 atom stereocenters. The van der Waals surface area contributed by atoms with Gasteiger partial charge < -0.3 is 20.8 Å². The first kappa shape index (κ1) is 26.5. The van der Waals surface area contributed by atoms with Crippen molar-refractivity contribution in [3.05, 3.63) is 89.0 Å². The Bertz CT molecular complexity index is 1290. The van der Waals surface area contributed by atoms with Crippen LogP contribution in [0.5, 0.6) is 0 Å². The van der Waals surface area contributed by atoms with Crippen LogP contribution in [0.3, 0.4) is 0 Å². The van der Waals surface area contributed by atoms with Gasteiger partial charge in [-0.3, -0.25) is 9.59 Å². The molecule has 0 heterocycles. The Morgan fingerprint density at radius 2 is 1.31 bits per heavy atom. The second-order valence-electron chi connectivity index (χ2n) is 8.38. The van der Waals surface area contributed by atoms with Crippen LogP contribution in [0.25, 0.3) is 0 Å². The molecule has 0 fully saturated rings. The lowest BCUT2D eigenvalue weighted by Crippen LogP contribution is -2.22. The molecule has 0 aliphatic carbocycles. The molecule has 0 aliphatic heterocycles. The van der Waals surface area contributed by atoms with Crippen molar-refractivity contribution < 1.29 is 29.4 Å². The van der Waals surface area contributed by atoms with Gasteiger partial charge in [0.15, 0.2) is 0 Å². The Balaban J connectivity index is 1.62. The van der Waals surface area contributed by atoms with E-state index >= 15 is 0 Å². The summed E-state index contributed by atoms with van der Waals surface area (Å²) in [4.78, 5) is 48.6. The first-order chi connectivity index (χ1) is 17.0. The molecule has 186 valence electrons. The van der Waals surface area contributed by atoms with Gasteiger partial charge in [-0.25, -0.2) is 9.59 Å². The highest BCUT2D eigenvalue weighted by molar-refractivity contribution is 8.00. The molecular formula is C27H26N2O6S.